The van der Waals surface area contributed by atoms with Gasteiger partial charge in [0.2, 0.25) is 5.91 Å². The van der Waals surface area contributed by atoms with Crippen molar-refractivity contribution in [2.45, 2.75) is 58.0 Å². The molecule has 0 aromatic carbocycles. The Labute approximate surface area is 167 Å². The lowest BCUT2D eigenvalue weighted by Crippen LogP contribution is -2.55. The van der Waals surface area contributed by atoms with E-state index in [1.165, 1.54) is 19.3 Å². The standard InChI is InChI=1S/C21H32N4O3/c1-3-28-21(27)17-9-10-19(22-15-17)25-13-11-24(12-14-25)16(2)20(26)23-18-7-5-4-6-8-18/h9-10,15-16,18H,3-8,11-14H2,1-2H3,(H,23,26). The fourth-order valence-corrected chi connectivity index (χ4v) is 3.98. The Hall–Kier alpha value is -2.15. The minimum absolute atomic E-state index is 0.108. The number of esters is 1. The molecule has 1 aliphatic heterocycles. The molecule has 1 atom stereocenters. The van der Waals surface area contributed by atoms with Gasteiger partial charge in [-0.1, -0.05) is 19.3 Å². The lowest BCUT2D eigenvalue weighted by Gasteiger charge is -2.38. The van der Waals surface area contributed by atoms with Crippen LogP contribution in [0, 0.1) is 0 Å². The van der Waals surface area contributed by atoms with Gasteiger partial charge in [0.1, 0.15) is 5.82 Å². The van der Waals surface area contributed by atoms with Gasteiger partial charge in [-0.2, -0.15) is 0 Å². The quantitative estimate of drug-likeness (QED) is 0.753. The van der Waals surface area contributed by atoms with E-state index in [2.05, 4.69) is 20.1 Å². The summed E-state index contributed by atoms with van der Waals surface area (Å²) in [6, 6.07) is 3.86. The second-order valence-electron chi connectivity index (χ2n) is 7.67. The van der Waals surface area contributed by atoms with Crippen molar-refractivity contribution in [3.8, 4) is 0 Å². The molecule has 0 radical (unpaired) electrons. The van der Waals surface area contributed by atoms with Crippen LogP contribution in [0.25, 0.3) is 0 Å². The van der Waals surface area contributed by atoms with Crippen molar-refractivity contribution in [2.75, 3.05) is 37.7 Å². The molecule has 7 nitrogen and oxygen atoms in total. The molecule has 0 bridgehead atoms. The van der Waals surface area contributed by atoms with Crippen LogP contribution in [0.2, 0.25) is 0 Å². The van der Waals surface area contributed by atoms with Crippen molar-refractivity contribution in [3.63, 3.8) is 0 Å². The lowest BCUT2D eigenvalue weighted by molar-refractivity contribution is -0.127. The molecule has 154 valence electrons. The summed E-state index contributed by atoms with van der Waals surface area (Å²) in [7, 11) is 0. The number of nitrogens with zero attached hydrogens (tertiary/aromatic N) is 3. The number of amides is 1. The number of aromatic nitrogens is 1. The molecule has 3 rings (SSSR count). The number of rotatable bonds is 6. The van der Waals surface area contributed by atoms with Gasteiger partial charge in [0, 0.05) is 38.4 Å². The van der Waals surface area contributed by atoms with E-state index in [-0.39, 0.29) is 17.9 Å². The van der Waals surface area contributed by atoms with Gasteiger partial charge >= 0.3 is 5.97 Å². The van der Waals surface area contributed by atoms with Gasteiger partial charge in [0.25, 0.3) is 0 Å². The molecule has 1 N–H and O–H groups in total. The minimum Gasteiger partial charge on any atom is -0.462 e. The summed E-state index contributed by atoms with van der Waals surface area (Å²) in [6.45, 7) is 7.41. The molecule has 1 saturated heterocycles. The van der Waals surface area contributed by atoms with E-state index in [1.54, 1.807) is 19.2 Å². The van der Waals surface area contributed by atoms with Crippen molar-refractivity contribution < 1.29 is 14.3 Å². The van der Waals surface area contributed by atoms with Crippen LogP contribution in [0.15, 0.2) is 18.3 Å². The van der Waals surface area contributed by atoms with Crippen LogP contribution in [-0.4, -0.2) is 66.6 Å². The Balaban J connectivity index is 1.48. The van der Waals surface area contributed by atoms with E-state index in [4.69, 9.17) is 4.74 Å². The molecule has 7 heteroatoms. The zero-order chi connectivity index (χ0) is 19.9. The summed E-state index contributed by atoms with van der Waals surface area (Å²) in [6.07, 6.45) is 7.53. The van der Waals surface area contributed by atoms with Gasteiger partial charge in [-0.3, -0.25) is 9.69 Å². The molecule has 2 heterocycles. The number of hydrogen-bond donors (Lipinski definition) is 1. The van der Waals surface area contributed by atoms with Crippen LogP contribution in [0.4, 0.5) is 5.82 Å². The summed E-state index contributed by atoms with van der Waals surface area (Å²) in [4.78, 5) is 33.2. The van der Waals surface area contributed by atoms with Crippen molar-refractivity contribution in [1.29, 1.82) is 0 Å². The predicted octanol–water partition coefficient (Wildman–Crippen LogP) is 2.22. The molecule has 2 fully saturated rings. The van der Waals surface area contributed by atoms with E-state index < -0.39 is 0 Å². The topological polar surface area (TPSA) is 74.8 Å². The maximum absolute atomic E-state index is 12.6. The molecule has 28 heavy (non-hydrogen) atoms. The lowest BCUT2D eigenvalue weighted by atomic mass is 9.95. The Morgan fingerprint density at radius 1 is 1.18 bits per heavy atom. The number of pyridine rings is 1. The normalized spacial score (nSPS) is 19.9. The largest absolute Gasteiger partial charge is 0.462 e. The maximum atomic E-state index is 12.6. The van der Waals surface area contributed by atoms with Crippen LogP contribution in [-0.2, 0) is 9.53 Å². The van der Waals surface area contributed by atoms with Gasteiger partial charge in [-0.15, -0.1) is 0 Å². The third-order valence-corrected chi connectivity index (χ3v) is 5.78. The molecule has 1 aromatic heterocycles. The van der Waals surface area contributed by atoms with Gasteiger partial charge in [0.05, 0.1) is 18.2 Å². The van der Waals surface area contributed by atoms with Gasteiger partial charge in [-0.05, 0) is 38.8 Å². The first-order valence-corrected chi connectivity index (χ1v) is 10.5. The highest BCUT2D eigenvalue weighted by molar-refractivity contribution is 5.89. The van der Waals surface area contributed by atoms with Gasteiger partial charge < -0.3 is 15.0 Å². The van der Waals surface area contributed by atoms with Crippen LogP contribution in [0.1, 0.15) is 56.3 Å². The number of hydrogen-bond acceptors (Lipinski definition) is 6. The second-order valence-corrected chi connectivity index (χ2v) is 7.67. The highest BCUT2D eigenvalue weighted by Gasteiger charge is 2.27. The van der Waals surface area contributed by atoms with Crippen molar-refractivity contribution in [3.05, 3.63) is 23.9 Å². The number of nitrogens with one attached hydrogen (secondary N) is 1. The number of ether oxygens (including phenoxy) is 1. The summed E-state index contributed by atoms with van der Waals surface area (Å²) in [5.41, 5.74) is 0.470. The molecule has 1 saturated carbocycles. The van der Waals surface area contributed by atoms with Crippen molar-refractivity contribution in [2.24, 2.45) is 0 Å². The highest BCUT2D eigenvalue weighted by Crippen LogP contribution is 2.19. The Morgan fingerprint density at radius 2 is 1.89 bits per heavy atom. The van der Waals surface area contributed by atoms with E-state index in [1.807, 2.05) is 13.0 Å². The molecule has 1 amide bonds. The zero-order valence-electron chi connectivity index (χ0n) is 17.0. The highest BCUT2D eigenvalue weighted by atomic mass is 16.5. The fraction of sp³-hybridized carbons (Fsp3) is 0.667. The third kappa shape index (κ3) is 5.22. The average Bonchev–Trinajstić information content (AvgIpc) is 2.74. The van der Waals surface area contributed by atoms with Crippen molar-refractivity contribution >= 4 is 17.7 Å². The summed E-state index contributed by atoms with van der Waals surface area (Å²) in [5.74, 6) is 0.661. The zero-order valence-corrected chi connectivity index (χ0v) is 17.0. The van der Waals surface area contributed by atoms with E-state index in [0.717, 1.165) is 44.8 Å². The van der Waals surface area contributed by atoms with E-state index in [9.17, 15) is 9.59 Å². The molecule has 1 unspecified atom stereocenters. The van der Waals surface area contributed by atoms with Gasteiger partial charge in [-0.25, -0.2) is 9.78 Å². The molecule has 0 spiro atoms. The summed E-state index contributed by atoms with van der Waals surface area (Å²) < 4.78 is 4.99. The monoisotopic (exact) mass is 388 g/mol. The second kappa shape index (κ2) is 9.87. The summed E-state index contributed by atoms with van der Waals surface area (Å²) >= 11 is 0. The van der Waals surface area contributed by atoms with Crippen LogP contribution in [0.3, 0.4) is 0 Å². The third-order valence-electron chi connectivity index (χ3n) is 5.78. The van der Waals surface area contributed by atoms with Crippen LogP contribution in [0.5, 0.6) is 0 Å². The molecule has 1 aromatic rings. The Kier molecular flexibility index (Phi) is 7.25. The summed E-state index contributed by atoms with van der Waals surface area (Å²) in [5, 5.41) is 3.24. The molecular weight excluding hydrogens is 356 g/mol. The first-order valence-electron chi connectivity index (χ1n) is 10.5. The number of anilines is 1. The number of carbonyl (C=O) groups is 2. The predicted molar refractivity (Wildman–Crippen MR) is 108 cm³/mol. The van der Waals surface area contributed by atoms with Gasteiger partial charge in [0.15, 0.2) is 0 Å². The Morgan fingerprint density at radius 3 is 2.50 bits per heavy atom. The van der Waals surface area contributed by atoms with Crippen LogP contribution >= 0.6 is 0 Å². The Bertz CT molecular complexity index is 650. The minimum atomic E-state index is -0.343. The first-order chi connectivity index (χ1) is 13.6. The average molecular weight is 389 g/mol. The SMILES string of the molecule is CCOC(=O)c1ccc(N2CCN(C(C)C(=O)NC3CCCCC3)CC2)nc1. The van der Waals surface area contributed by atoms with Crippen molar-refractivity contribution in [1.82, 2.24) is 15.2 Å². The van der Waals surface area contributed by atoms with Crippen LogP contribution < -0.4 is 10.2 Å². The fourth-order valence-electron chi connectivity index (χ4n) is 3.98. The van der Waals surface area contributed by atoms with E-state index >= 15 is 0 Å². The smallest absolute Gasteiger partial charge is 0.339 e. The molecule has 1 aliphatic carbocycles. The maximum Gasteiger partial charge on any atom is 0.339 e. The number of piperazine rings is 1. The van der Waals surface area contributed by atoms with E-state index in [0.29, 0.717) is 18.2 Å². The number of carbonyl (C=O) groups excluding carboxylic acids is 2. The molecule has 2 aliphatic rings. The first kappa shape index (κ1) is 20.6. The molecular formula is C21H32N4O3.